The average molecular weight is 382 g/mol. The van der Waals surface area contributed by atoms with Crippen molar-refractivity contribution in [1.82, 2.24) is 16.0 Å². The number of hydrogen-bond acceptors (Lipinski definition) is 3. The zero-order chi connectivity index (χ0) is 16.5. The van der Waals surface area contributed by atoms with Crippen LogP contribution in [0.25, 0.3) is 0 Å². The Morgan fingerprint density at radius 1 is 1.17 bits per heavy atom. The molecule has 126 valence electrons. The van der Waals surface area contributed by atoms with Crippen molar-refractivity contribution in [1.29, 1.82) is 0 Å². The molecule has 1 aromatic rings. The van der Waals surface area contributed by atoms with Crippen LogP contribution in [0.2, 0.25) is 0 Å². The molecule has 1 fully saturated rings. The van der Waals surface area contributed by atoms with E-state index < -0.39 is 0 Å². The summed E-state index contributed by atoms with van der Waals surface area (Å²) in [4.78, 5) is 23.7. The Morgan fingerprint density at radius 2 is 1.91 bits per heavy atom. The van der Waals surface area contributed by atoms with Gasteiger partial charge in [0.25, 0.3) is 5.91 Å². The molecule has 1 saturated heterocycles. The molecule has 1 aromatic carbocycles. The Kier molecular flexibility index (Phi) is 7.55. The molecular weight excluding hydrogens is 358 g/mol. The first-order valence-corrected chi connectivity index (χ1v) is 8.95. The van der Waals surface area contributed by atoms with Crippen LogP contribution in [-0.4, -0.2) is 38.0 Å². The lowest BCUT2D eigenvalue weighted by molar-refractivity contribution is -0.121. The van der Waals surface area contributed by atoms with E-state index in [2.05, 4.69) is 31.9 Å². The molecule has 0 saturated carbocycles. The van der Waals surface area contributed by atoms with E-state index in [1.54, 1.807) is 12.1 Å². The Bertz CT molecular complexity index is 530. The van der Waals surface area contributed by atoms with Gasteiger partial charge in [-0.05, 0) is 56.5 Å². The van der Waals surface area contributed by atoms with Crippen LogP contribution in [-0.2, 0) is 4.79 Å². The highest BCUT2D eigenvalue weighted by Gasteiger charge is 2.14. The van der Waals surface area contributed by atoms with Crippen molar-refractivity contribution in [2.45, 2.75) is 25.7 Å². The number of amides is 2. The van der Waals surface area contributed by atoms with Gasteiger partial charge in [-0.2, -0.15) is 0 Å². The van der Waals surface area contributed by atoms with Gasteiger partial charge in [0.05, 0.1) is 0 Å². The van der Waals surface area contributed by atoms with Crippen LogP contribution in [0.4, 0.5) is 0 Å². The third kappa shape index (κ3) is 6.71. The summed E-state index contributed by atoms with van der Waals surface area (Å²) in [6, 6.07) is 7.23. The lowest BCUT2D eigenvalue weighted by atomic mass is 9.93. The molecule has 1 heterocycles. The number of piperidine rings is 1. The predicted molar refractivity (Wildman–Crippen MR) is 94.3 cm³/mol. The molecule has 5 nitrogen and oxygen atoms in total. The number of halogens is 1. The SMILES string of the molecule is O=C(CCC1CCNCC1)NCCNC(=O)c1cccc(Br)c1. The van der Waals surface area contributed by atoms with E-state index in [4.69, 9.17) is 0 Å². The monoisotopic (exact) mass is 381 g/mol. The highest BCUT2D eigenvalue weighted by atomic mass is 79.9. The van der Waals surface area contributed by atoms with Crippen molar-refractivity contribution in [3.63, 3.8) is 0 Å². The van der Waals surface area contributed by atoms with Gasteiger partial charge in [0.2, 0.25) is 5.91 Å². The van der Waals surface area contributed by atoms with Crippen molar-refractivity contribution in [2.75, 3.05) is 26.2 Å². The summed E-state index contributed by atoms with van der Waals surface area (Å²) >= 11 is 3.34. The zero-order valence-electron chi connectivity index (χ0n) is 13.2. The minimum atomic E-state index is -0.129. The normalized spacial score (nSPS) is 15.2. The first-order valence-electron chi connectivity index (χ1n) is 8.16. The van der Waals surface area contributed by atoms with Crippen molar-refractivity contribution >= 4 is 27.7 Å². The quantitative estimate of drug-likeness (QED) is 0.633. The van der Waals surface area contributed by atoms with Crippen LogP contribution >= 0.6 is 15.9 Å². The molecule has 0 spiro atoms. The van der Waals surface area contributed by atoms with Crippen molar-refractivity contribution in [2.24, 2.45) is 5.92 Å². The van der Waals surface area contributed by atoms with E-state index in [-0.39, 0.29) is 11.8 Å². The molecule has 0 unspecified atom stereocenters. The second kappa shape index (κ2) is 9.67. The van der Waals surface area contributed by atoms with E-state index in [9.17, 15) is 9.59 Å². The lowest BCUT2D eigenvalue weighted by Gasteiger charge is -2.22. The molecule has 2 amide bonds. The van der Waals surface area contributed by atoms with Gasteiger partial charge in [-0.25, -0.2) is 0 Å². The van der Waals surface area contributed by atoms with Crippen LogP contribution < -0.4 is 16.0 Å². The maximum atomic E-state index is 11.9. The summed E-state index contributed by atoms with van der Waals surface area (Å²) in [6.45, 7) is 3.02. The standard InChI is InChI=1S/C17H24BrN3O2/c18-15-3-1-2-14(12-15)17(23)21-11-10-20-16(22)5-4-13-6-8-19-9-7-13/h1-3,12-13,19H,4-11H2,(H,20,22)(H,21,23). The van der Waals surface area contributed by atoms with Crippen molar-refractivity contribution < 1.29 is 9.59 Å². The molecule has 23 heavy (non-hydrogen) atoms. The number of hydrogen-bond donors (Lipinski definition) is 3. The second-order valence-corrected chi connectivity index (χ2v) is 6.76. The Balaban J connectivity index is 1.57. The summed E-state index contributed by atoms with van der Waals surface area (Å²) in [6.07, 6.45) is 3.86. The summed E-state index contributed by atoms with van der Waals surface area (Å²) in [5.41, 5.74) is 0.608. The molecule has 0 atom stereocenters. The van der Waals surface area contributed by atoms with Gasteiger partial charge in [-0.1, -0.05) is 22.0 Å². The summed E-state index contributed by atoms with van der Waals surface area (Å²) in [7, 11) is 0. The maximum Gasteiger partial charge on any atom is 0.251 e. The first kappa shape index (κ1) is 17.9. The van der Waals surface area contributed by atoms with E-state index in [0.717, 1.165) is 36.8 Å². The smallest absolute Gasteiger partial charge is 0.251 e. The topological polar surface area (TPSA) is 70.2 Å². The van der Waals surface area contributed by atoms with Gasteiger partial charge < -0.3 is 16.0 Å². The van der Waals surface area contributed by atoms with E-state index in [0.29, 0.717) is 31.0 Å². The number of nitrogens with one attached hydrogen (secondary N) is 3. The van der Waals surface area contributed by atoms with Gasteiger partial charge >= 0.3 is 0 Å². The molecule has 6 heteroatoms. The number of benzene rings is 1. The molecule has 3 N–H and O–H groups in total. The third-order valence-electron chi connectivity index (χ3n) is 4.06. The summed E-state index contributed by atoms with van der Waals surface area (Å²) < 4.78 is 0.872. The van der Waals surface area contributed by atoms with Crippen LogP contribution in [0.15, 0.2) is 28.7 Å². The summed E-state index contributed by atoms with van der Waals surface area (Å²) in [5, 5.41) is 8.99. The highest BCUT2D eigenvalue weighted by Crippen LogP contribution is 2.17. The van der Waals surface area contributed by atoms with Crippen LogP contribution in [0.1, 0.15) is 36.0 Å². The molecule has 0 bridgehead atoms. The fraction of sp³-hybridized carbons (Fsp3) is 0.529. The van der Waals surface area contributed by atoms with Gasteiger partial charge in [0.1, 0.15) is 0 Å². The average Bonchev–Trinajstić information content (AvgIpc) is 2.57. The minimum absolute atomic E-state index is 0.0697. The van der Waals surface area contributed by atoms with Gasteiger partial charge in [0.15, 0.2) is 0 Å². The molecule has 1 aliphatic rings. The zero-order valence-corrected chi connectivity index (χ0v) is 14.8. The van der Waals surface area contributed by atoms with E-state index in [1.165, 1.54) is 0 Å². The van der Waals surface area contributed by atoms with Gasteiger partial charge in [0, 0.05) is 29.5 Å². The number of carbonyl (C=O) groups is 2. The summed E-state index contributed by atoms with van der Waals surface area (Å²) in [5.74, 6) is 0.605. The molecule has 0 aliphatic carbocycles. The van der Waals surface area contributed by atoms with Crippen LogP contribution in [0.3, 0.4) is 0 Å². The lowest BCUT2D eigenvalue weighted by Crippen LogP contribution is -2.35. The van der Waals surface area contributed by atoms with Crippen molar-refractivity contribution in [3.05, 3.63) is 34.3 Å². The fourth-order valence-electron chi connectivity index (χ4n) is 2.70. The highest BCUT2D eigenvalue weighted by molar-refractivity contribution is 9.10. The van der Waals surface area contributed by atoms with Gasteiger partial charge in [-0.3, -0.25) is 9.59 Å². The second-order valence-electron chi connectivity index (χ2n) is 5.85. The molecule has 2 rings (SSSR count). The van der Waals surface area contributed by atoms with Gasteiger partial charge in [-0.15, -0.1) is 0 Å². The molecule has 0 aromatic heterocycles. The van der Waals surface area contributed by atoms with Crippen LogP contribution in [0.5, 0.6) is 0 Å². The first-order chi connectivity index (χ1) is 11.1. The Hall–Kier alpha value is -1.40. The minimum Gasteiger partial charge on any atom is -0.354 e. The maximum absolute atomic E-state index is 11.9. The third-order valence-corrected chi connectivity index (χ3v) is 4.55. The van der Waals surface area contributed by atoms with Crippen molar-refractivity contribution in [3.8, 4) is 0 Å². The molecular formula is C17H24BrN3O2. The molecule has 0 radical (unpaired) electrons. The molecule has 1 aliphatic heterocycles. The Labute approximate surface area is 145 Å². The number of rotatable bonds is 7. The fourth-order valence-corrected chi connectivity index (χ4v) is 3.10. The van der Waals surface area contributed by atoms with E-state index >= 15 is 0 Å². The largest absolute Gasteiger partial charge is 0.354 e. The Morgan fingerprint density at radius 3 is 2.65 bits per heavy atom. The van der Waals surface area contributed by atoms with E-state index in [1.807, 2.05) is 12.1 Å². The number of carbonyl (C=O) groups excluding carboxylic acids is 2. The predicted octanol–water partition coefficient (Wildman–Crippen LogP) is 2.07. The van der Waals surface area contributed by atoms with Crippen LogP contribution in [0, 0.1) is 5.92 Å².